The SMILES string of the molecule is O=C1CCC(N2Cc3cccc(NCc4ccccc4)c3C2=O)C(=O)N1. The van der Waals surface area contributed by atoms with E-state index in [0.29, 0.717) is 25.1 Å². The summed E-state index contributed by atoms with van der Waals surface area (Å²) in [5.41, 5.74) is 3.41. The zero-order valence-corrected chi connectivity index (χ0v) is 14.2. The van der Waals surface area contributed by atoms with Crippen LogP contribution in [0.1, 0.15) is 34.3 Å². The molecule has 2 aromatic rings. The lowest BCUT2D eigenvalue weighted by Gasteiger charge is -2.29. The third-order valence-corrected chi connectivity index (χ3v) is 4.88. The van der Waals surface area contributed by atoms with Gasteiger partial charge >= 0.3 is 0 Å². The van der Waals surface area contributed by atoms with Crippen molar-refractivity contribution < 1.29 is 14.4 Å². The number of fused-ring (bicyclic) bond motifs is 1. The Bertz CT molecular complexity index is 879. The number of rotatable bonds is 4. The number of amides is 3. The monoisotopic (exact) mass is 349 g/mol. The fraction of sp³-hybridized carbons (Fsp3) is 0.250. The average molecular weight is 349 g/mol. The predicted molar refractivity (Wildman–Crippen MR) is 96.3 cm³/mol. The van der Waals surface area contributed by atoms with Crippen molar-refractivity contribution in [2.45, 2.75) is 32.0 Å². The molecule has 26 heavy (non-hydrogen) atoms. The summed E-state index contributed by atoms with van der Waals surface area (Å²) in [5.74, 6) is -0.826. The van der Waals surface area contributed by atoms with E-state index in [1.54, 1.807) is 4.90 Å². The molecule has 2 heterocycles. The first-order valence-corrected chi connectivity index (χ1v) is 8.68. The topological polar surface area (TPSA) is 78.5 Å². The van der Waals surface area contributed by atoms with Crippen LogP contribution >= 0.6 is 0 Å². The van der Waals surface area contributed by atoms with Crippen LogP contribution in [0, 0.1) is 0 Å². The van der Waals surface area contributed by atoms with Gasteiger partial charge in [-0.1, -0.05) is 42.5 Å². The maximum absolute atomic E-state index is 13.0. The molecule has 132 valence electrons. The molecule has 1 saturated heterocycles. The van der Waals surface area contributed by atoms with Gasteiger partial charge in [0.1, 0.15) is 6.04 Å². The lowest BCUT2D eigenvalue weighted by molar-refractivity contribution is -0.136. The van der Waals surface area contributed by atoms with Crippen molar-refractivity contribution in [2.24, 2.45) is 0 Å². The summed E-state index contributed by atoms with van der Waals surface area (Å²) >= 11 is 0. The minimum atomic E-state index is -0.588. The summed E-state index contributed by atoms with van der Waals surface area (Å²) in [7, 11) is 0. The lowest BCUT2D eigenvalue weighted by atomic mass is 10.0. The van der Waals surface area contributed by atoms with Crippen molar-refractivity contribution in [3.8, 4) is 0 Å². The van der Waals surface area contributed by atoms with Crippen LogP contribution in [0.15, 0.2) is 48.5 Å². The molecule has 3 amide bonds. The second kappa shape index (κ2) is 6.63. The number of carbonyl (C=O) groups excluding carboxylic acids is 3. The summed E-state index contributed by atoms with van der Waals surface area (Å²) < 4.78 is 0. The first-order chi connectivity index (χ1) is 12.6. The molecule has 2 aliphatic heterocycles. The molecule has 0 spiro atoms. The fourth-order valence-corrected chi connectivity index (χ4v) is 3.56. The molecule has 0 radical (unpaired) electrons. The van der Waals surface area contributed by atoms with Crippen LogP contribution in [0.2, 0.25) is 0 Å². The number of imide groups is 1. The quantitative estimate of drug-likeness (QED) is 0.828. The Morgan fingerprint density at radius 1 is 1.04 bits per heavy atom. The van der Waals surface area contributed by atoms with Gasteiger partial charge in [-0.15, -0.1) is 0 Å². The van der Waals surface area contributed by atoms with Crippen molar-refractivity contribution >= 4 is 23.4 Å². The highest BCUT2D eigenvalue weighted by Crippen LogP contribution is 2.32. The van der Waals surface area contributed by atoms with Gasteiger partial charge in [-0.25, -0.2) is 0 Å². The second-order valence-corrected chi connectivity index (χ2v) is 6.58. The molecule has 2 N–H and O–H groups in total. The van der Waals surface area contributed by atoms with Gasteiger partial charge in [-0.3, -0.25) is 19.7 Å². The molecule has 1 atom stereocenters. The van der Waals surface area contributed by atoms with Gasteiger partial charge in [-0.2, -0.15) is 0 Å². The minimum absolute atomic E-state index is 0.161. The summed E-state index contributed by atoms with van der Waals surface area (Å²) in [4.78, 5) is 38.1. The summed E-state index contributed by atoms with van der Waals surface area (Å²) in [6.45, 7) is 1.00. The number of hydrogen-bond donors (Lipinski definition) is 2. The number of benzene rings is 2. The van der Waals surface area contributed by atoms with E-state index in [9.17, 15) is 14.4 Å². The molecule has 1 fully saturated rings. The molecule has 2 aliphatic rings. The molecule has 6 nitrogen and oxygen atoms in total. The molecular formula is C20H19N3O3. The van der Waals surface area contributed by atoms with Crippen LogP contribution in [-0.2, 0) is 22.7 Å². The molecule has 0 saturated carbocycles. The van der Waals surface area contributed by atoms with Gasteiger partial charge in [0, 0.05) is 25.2 Å². The van der Waals surface area contributed by atoms with Gasteiger partial charge in [0.25, 0.3) is 5.91 Å². The van der Waals surface area contributed by atoms with Crippen LogP contribution in [-0.4, -0.2) is 28.7 Å². The van der Waals surface area contributed by atoms with Gasteiger partial charge in [0.2, 0.25) is 11.8 Å². The number of anilines is 1. The molecule has 2 aromatic carbocycles. The highest BCUT2D eigenvalue weighted by Gasteiger charge is 2.39. The van der Waals surface area contributed by atoms with Crippen molar-refractivity contribution in [2.75, 3.05) is 5.32 Å². The fourth-order valence-electron chi connectivity index (χ4n) is 3.56. The molecule has 1 unspecified atom stereocenters. The summed E-state index contributed by atoms with van der Waals surface area (Å²) in [5, 5.41) is 5.66. The smallest absolute Gasteiger partial charge is 0.257 e. The van der Waals surface area contributed by atoms with Crippen LogP contribution in [0.4, 0.5) is 5.69 Å². The number of hydrogen-bond acceptors (Lipinski definition) is 4. The Labute approximate surface area is 151 Å². The van der Waals surface area contributed by atoms with E-state index in [1.807, 2.05) is 48.5 Å². The number of carbonyl (C=O) groups is 3. The van der Waals surface area contributed by atoms with E-state index >= 15 is 0 Å². The zero-order valence-electron chi connectivity index (χ0n) is 14.2. The molecule has 4 rings (SSSR count). The maximum Gasteiger partial charge on any atom is 0.257 e. The molecule has 6 heteroatoms. The van der Waals surface area contributed by atoms with Gasteiger partial charge in [-0.05, 0) is 23.6 Å². The van der Waals surface area contributed by atoms with Crippen LogP contribution in [0.5, 0.6) is 0 Å². The predicted octanol–water partition coefficient (Wildman–Crippen LogP) is 2.06. The van der Waals surface area contributed by atoms with Crippen LogP contribution in [0.25, 0.3) is 0 Å². The Morgan fingerprint density at radius 3 is 2.62 bits per heavy atom. The number of nitrogens with zero attached hydrogens (tertiary/aromatic N) is 1. The summed E-state index contributed by atoms with van der Waals surface area (Å²) in [6, 6.07) is 15.1. The molecular weight excluding hydrogens is 330 g/mol. The molecule has 0 aliphatic carbocycles. The van der Waals surface area contributed by atoms with Crippen LogP contribution in [0.3, 0.4) is 0 Å². The van der Waals surface area contributed by atoms with E-state index in [4.69, 9.17) is 0 Å². The maximum atomic E-state index is 13.0. The van der Waals surface area contributed by atoms with Crippen molar-refractivity contribution in [1.29, 1.82) is 0 Å². The Morgan fingerprint density at radius 2 is 1.85 bits per heavy atom. The molecule has 0 bridgehead atoms. The Kier molecular flexibility index (Phi) is 4.16. The third-order valence-electron chi connectivity index (χ3n) is 4.88. The highest BCUT2D eigenvalue weighted by molar-refractivity contribution is 6.07. The Balaban J connectivity index is 1.55. The van der Waals surface area contributed by atoms with Crippen molar-refractivity contribution in [3.05, 3.63) is 65.2 Å². The Hall–Kier alpha value is -3.15. The van der Waals surface area contributed by atoms with Gasteiger partial charge in [0.05, 0.1) is 5.56 Å². The normalized spacial score (nSPS) is 19.3. The minimum Gasteiger partial charge on any atom is -0.380 e. The second-order valence-electron chi connectivity index (χ2n) is 6.58. The largest absolute Gasteiger partial charge is 0.380 e. The first-order valence-electron chi connectivity index (χ1n) is 8.68. The first kappa shape index (κ1) is 16.3. The van der Waals surface area contributed by atoms with Gasteiger partial charge < -0.3 is 10.2 Å². The third kappa shape index (κ3) is 2.94. The van der Waals surface area contributed by atoms with E-state index in [1.165, 1.54) is 0 Å². The molecule has 0 aromatic heterocycles. The van der Waals surface area contributed by atoms with E-state index in [2.05, 4.69) is 10.6 Å². The van der Waals surface area contributed by atoms with Crippen molar-refractivity contribution in [1.82, 2.24) is 10.2 Å². The van der Waals surface area contributed by atoms with E-state index in [0.717, 1.165) is 16.8 Å². The van der Waals surface area contributed by atoms with Crippen molar-refractivity contribution in [3.63, 3.8) is 0 Å². The van der Waals surface area contributed by atoms with E-state index in [-0.39, 0.29) is 24.1 Å². The number of piperidine rings is 1. The highest BCUT2D eigenvalue weighted by atomic mass is 16.2. The number of nitrogens with one attached hydrogen (secondary N) is 2. The van der Waals surface area contributed by atoms with E-state index < -0.39 is 6.04 Å². The lowest BCUT2D eigenvalue weighted by Crippen LogP contribution is -2.52. The summed E-state index contributed by atoms with van der Waals surface area (Å²) in [6.07, 6.45) is 0.632. The van der Waals surface area contributed by atoms with Crippen LogP contribution < -0.4 is 10.6 Å². The van der Waals surface area contributed by atoms with Gasteiger partial charge in [0.15, 0.2) is 0 Å². The zero-order chi connectivity index (χ0) is 18.1. The standard InChI is InChI=1S/C20H19N3O3/c24-17-10-9-16(19(25)22-17)23-12-14-7-4-8-15(18(14)20(23)26)21-11-13-5-2-1-3-6-13/h1-8,16,21H,9-12H2,(H,22,24,25). The average Bonchev–Trinajstić information content (AvgIpc) is 2.98.